The van der Waals surface area contributed by atoms with Crippen LogP contribution in [0.4, 0.5) is 11.6 Å². The Morgan fingerprint density at radius 1 is 1.18 bits per heavy atom. The standard InChI is InChI=1S/C27H34N6O/c1-4-5-15-32-25-24(30-27(32)31-14-8-10-21(28)16-31)18(2)19(3)33(26(25)34)17-22-13-12-20-9-6-7-11-23(20)29-22/h4-7,9,11,21H,8,10,12-17,28H2,1-3H3/b5-4+. The van der Waals surface area contributed by atoms with Crippen LogP contribution < -0.4 is 16.2 Å². The van der Waals surface area contributed by atoms with Crippen molar-refractivity contribution in [2.24, 2.45) is 10.7 Å². The SMILES string of the molecule is C/C=C/Cn1c(N2CCCC(N)C2)nc2c(C)c(C)n(CC3=Nc4ccccc4CC3)c(=O)c21. The van der Waals surface area contributed by atoms with Crippen molar-refractivity contribution in [1.82, 2.24) is 14.1 Å². The van der Waals surface area contributed by atoms with Gasteiger partial charge in [-0.05, 0) is 63.6 Å². The first-order valence-electron chi connectivity index (χ1n) is 12.3. The van der Waals surface area contributed by atoms with Crippen LogP contribution in [0.25, 0.3) is 11.0 Å². The van der Waals surface area contributed by atoms with Gasteiger partial charge in [0.2, 0.25) is 5.95 Å². The van der Waals surface area contributed by atoms with Crippen LogP contribution in [0, 0.1) is 13.8 Å². The van der Waals surface area contributed by atoms with Crippen molar-refractivity contribution < 1.29 is 0 Å². The summed E-state index contributed by atoms with van der Waals surface area (Å²) < 4.78 is 3.97. The highest BCUT2D eigenvalue weighted by atomic mass is 16.1. The van der Waals surface area contributed by atoms with Gasteiger partial charge in [-0.3, -0.25) is 9.79 Å². The fourth-order valence-corrected chi connectivity index (χ4v) is 5.21. The highest BCUT2D eigenvalue weighted by Gasteiger charge is 2.26. The number of benzene rings is 1. The van der Waals surface area contributed by atoms with E-state index in [1.54, 1.807) is 0 Å². The number of pyridine rings is 1. The number of aryl methyl sites for hydroxylation is 2. The second-order valence-corrected chi connectivity index (χ2v) is 9.55. The zero-order valence-corrected chi connectivity index (χ0v) is 20.4. The fourth-order valence-electron chi connectivity index (χ4n) is 5.21. The first-order valence-corrected chi connectivity index (χ1v) is 12.3. The summed E-state index contributed by atoms with van der Waals surface area (Å²) in [6, 6.07) is 8.41. The van der Waals surface area contributed by atoms with E-state index in [0.29, 0.717) is 18.6 Å². The van der Waals surface area contributed by atoms with Gasteiger partial charge in [0.25, 0.3) is 5.56 Å². The largest absolute Gasteiger partial charge is 0.341 e. The minimum atomic E-state index is 0.00391. The minimum absolute atomic E-state index is 0.00391. The molecule has 0 radical (unpaired) electrons. The van der Waals surface area contributed by atoms with Crippen LogP contribution in [0.3, 0.4) is 0 Å². The van der Waals surface area contributed by atoms with E-state index in [-0.39, 0.29) is 11.6 Å². The molecule has 34 heavy (non-hydrogen) atoms. The average molecular weight is 459 g/mol. The maximum atomic E-state index is 13.9. The molecule has 2 aliphatic heterocycles. The van der Waals surface area contributed by atoms with Crippen LogP contribution in [0.15, 0.2) is 46.2 Å². The molecule has 2 aliphatic rings. The van der Waals surface area contributed by atoms with Gasteiger partial charge in [-0.15, -0.1) is 0 Å². The highest BCUT2D eigenvalue weighted by molar-refractivity contribution is 5.90. The third kappa shape index (κ3) is 3.98. The average Bonchev–Trinajstić information content (AvgIpc) is 3.23. The van der Waals surface area contributed by atoms with E-state index in [2.05, 4.69) is 40.7 Å². The molecule has 1 fully saturated rings. The molecule has 178 valence electrons. The maximum Gasteiger partial charge on any atom is 0.277 e. The molecule has 1 atom stereocenters. The Bertz CT molecular complexity index is 1350. The number of fused-ring (bicyclic) bond motifs is 2. The van der Waals surface area contributed by atoms with Crippen LogP contribution in [-0.4, -0.2) is 39.0 Å². The van der Waals surface area contributed by atoms with Gasteiger partial charge in [-0.25, -0.2) is 4.98 Å². The molecule has 2 aromatic heterocycles. The predicted octanol–water partition coefficient (Wildman–Crippen LogP) is 4.04. The van der Waals surface area contributed by atoms with E-state index in [1.165, 1.54) is 5.56 Å². The van der Waals surface area contributed by atoms with Crippen molar-refractivity contribution in [2.75, 3.05) is 18.0 Å². The second kappa shape index (κ2) is 9.22. The van der Waals surface area contributed by atoms with Crippen LogP contribution in [0.2, 0.25) is 0 Å². The summed E-state index contributed by atoms with van der Waals surface area (Å²) in [5.74, 6) is 0.851. The number of hydrogen-bond donors (Lipinski definition) is 1. The molecule has 0 aliphatic carbocycles. The lowest BCUT2D eigenvalue weighted by molar-refractivity contribution is 0.495. The number of aromatic nitrogens is 3. The Morgan fingerprint density at radius 3 is 2.79 bits per heavy atom. The topological polar surface area (TPSA) is 81.4 Å². The van der Waals surface area contributed by atoms with Crippen molar-refractivity contribution in [3.05, 3.63) is 63.6 Å². The highest BCUT2D eigenvalue weighted by Crippen LogP contribution is 2.28. The Morgan fingerprint density at radius 2 is 2.00 bits per heavy atom. The Balaban J connectivity index is 1.63. The first kappa shape index (κ1) is 22.6. The zero-order valence-electron chi connectivity index (χ0n) is 20.4. The van der Waals surface area contributed by atoms with Crippen LogP contribution in [-0.2, 0) is 19.5 Å². The number of allylic oxidation sites excluding steroid dienone is 2. The van der Waals surface area contributed by atoms with E-state index in [0.717, 1.165) is 72.9 Å². The number of imidazole rings is 1. The van der Waals surface area contributed by atoms with E-state index < -0.39 is 0 Å². The number of nitrogens with zero attached hydrogens (tertiary/aromatic N) is 5. The maximum absolute atomic E-state index is 13.9. The summed E-state index contributed by atoms with van der Waals surface area (Å²) in [5.41, 5.74) is 13.1. The van der Waals surface area contributed by atoms with Crippen LogP contribution in [0.5, 0.6) is 0 Å². The molecule has 3 aromatic rings. The van der Waals surface area contributed by atoms with Crippen LogP contribution >= 0.6 is 0 Å². The monoisotopic (exact) mass is 458 g/mol. The molecule has 0 bridgehead atoms. The number of nitrogens with two attached hydrogens (primary N) is 1. The zero-order chi connectivity index (χ0) is 23.8. The lowest BCUT2D eigenvalue weighted by Gasteiger charge is -2.31. The molecular weight excluding hydrogens is 424 g/mol. The van der Waals surface area contributed by atoms with Crippen molar-refractivity contribution in [3.8, 4) is 0 Å². The lowest BCUT2D eigenvalue weighted by atomic mass is 10.0. The van der Waals surface area contributed by atoms with Gasteiger partial charge in [0.05, 0.1) is 12.2 Å². The van der Waals surface area contributed by atoms with E-state index in [4.69, 9.17) is 15.7 Å². The van der Waals surface area contributed by atoms with Crippen molar-refractivity contribution in [1.29, 1.82) is 0 Å². The number of para-hydroxylation sites is 1. The molecule has 7 heteroatoms. The molecule has 1 unspecified atom stereocenters. The summed E-state index contributed by atoms with van der Waals surface area (Å²) in [4.78, 5) is 26.1. The van der Waals surface area contributed by atoms with E-state index in [1.807, 2.05) is 30.6 Å². The number of rotatable bonds is 5. The lowest BCUT2D eigenvalue weighted by Crippen LogP contribution is -2.44. The van der Waals surface area contributed by atoms with Gasteiger partial charge < -0.3 is 19.8 Å². The Hall–Kier alpha value is -3.19. The van der Waals surface area contributed by atoms with Gasteiger partial charge >= 0.3 is 0 Å². The molecule has 0 spiro atoms. The van der Waals surface area contributed by atoms with Gasteiger partial charge in [-0.1, -0.05) is 30.4 Å². The molecule has 1 saturated heterocycles. The minimum Gasteiger partial charge on any atom is -0.341 e. The molecule has 1 aromatic carbocycles. The predicted molar refractivity (Wildman–Crippen MR) is 140 cm³/mol. The molecule has 0 amide bonds. The van der Waals surface area contributed by atoms with Crippen LogP contribution in [0.1, 0.15) is 43.0 Å². The molecular formula is C27H34N6O. The number of anilines is 1. The molecule has 2 N–H and O–H groups in total. The fraction of sp³-hybridized carbons (Fsp3) is 0.444. The third-order valence-electron chi connectivity index (χ3n) is 7.26. The molecule has 0 saturated carbocycles. The van der Waals surface area contributed by atoms with Crippen molar-refractivity contribution >= 4 is 28.4 Å². The first-order chi connectivity index (χ1) is 16.5. The molecule has 5 rings (SSSR count). The number of hydrogen-bond acceptors (Lipinski definition) is 5. The van der Waals surface area contributed by atoms with E-state index in [9.17, 15) is 4.79 Å². The smallest absolute Gasteiger partial charge is 0.277 e. The van der Waals surface area contributed by atoms with Crippen molar-refractivity contribution in [3.63, 3.8) is 0 Å². The summed E-state index contributed by atoms with van der Waals surface area (Å²) in [6.07, 6.45) is 8.00. The second-order valence-electron chi connectivity index (χ2n) is 9.55. The third-order valence-corrected chi connectivity index (χ3v) is 7.26. The quantitative estimate of drug-likeness (QED) is 0.585. The molecule has 4 heterocycles. The van der Waals surface area contributed by atoms with Gasteiger partial charge in [0.15, 0.2) is 0 Å². The van der Waals surface area contributed by atoms with Gasteiger partial charge in [0.1, 0.15) is 11.0 Å². The summed E-state index contributed by atoms with van der Waals surface area (Å²) in [5, 5.41) is 0. The number of aliphatic imine (C=N–C) groups is 1. The summed E-state index contributed by atoms with van der Waals surface area (Å²) in [7, 11) is 0. The van der Waals surface area contributed by atoms with Gasteiger partial charge in [-0.2, -0.15) is 0 Å². The summed E-state index contributed by atoms with van der Waals surface area (Å²) >= 11 is 0. The van der Waals surface area contributed by atoms with E-state index >= 15 is 0 Å². The van der Waals surface area contributed by atoms with Gasteiger partial charge in [0, 0.05) is 37.1 Å². The number of piperidine rings is 1. The summed E-state index contributed by atoms with van der Waals surface area (Å²) in [6.45, 7) is 8.90. The Kier molecular flexibility index (Phi) is 6.13. The Labute approximate surface area is 200 Å². The van der Waals surface area contributed by atoms with Crippen molar-refractivity contribution in [2.45, 2.75) is 65.6 Å². The normalized spacial score (nSPS) is 18.5. The molecule has 7 nitrogen and oxygen atoms in total.